The first-order chi connectivity index (χ1) is 11.3. The molecule has 0 heterocycles. The van der Waals surface area contributed by atoms with E-state index >= 15 is 0 Å². The Morgan fingerprint density at radius 2 is 1.38 bits per heavy atom. The van der Waals surface area contributed by atoms with Crippen LogP contribution in [0, 0.1) is 5.41 Å². The Labute approximate surface area is 185 Å². The van der Waals surface area contributed by atoms with Crippen molar-refractivity contribution in [2.24, 2.45) is 5.41 Å². The van der Waals surface area contributed by atoms with E-state index in [0.717, 1.165) is 0 Å². The summed E-state index contributed by atoms with van der Waals surface area (Å²) in [6.45, 7) is 9.31. The molecule has 0 saturated heterocycles. The van der Waals surface area contributed by atoms with Crippen molar-refractivity contribution in [1.82, 2.24) is 0 Å². The summed E-state index contributed by atoms with van der Waals surface area (Å²) in [5.74, 6) is -3.29. The second-order valence-corrected chi connectivity index (χ2v) is 7.27. The zero-order chi connectivity index (χ0) is 19.8. The van der Waals surface area contributed by atoms with Gasteiger partial charge in [-0.3, -0.25) is 9.35 Å². The van der Waals surface area contributed by atoms with Crippen LogP contribution in [0.2, 0.25) is 0 Å². The number of rotatable bonds is 10. The van der Waals surface area contributed by atoms with E-state index < -0.39 is 59.0 Å². The van der Waals surface area contributed by atoms with E-state index in [-0.39, 0.29) is 51.7 Å². The van der Waals surface area contributed by atoms with Crippen LogP contribution in [0.4, 0.5) is 0 Å². The molecule has 0 aromatic rings. The zero-order valence-corrected chi connectivity index (χ0v) is 18.1. The summed E-state index contributed by atoms with van der Waals surface area (Å²) in [6.07, 6.45) is 0. The van der Waals surface area contributed by atoms with Gasteiger partial charge in [0.25, 0.3) is 10.1 Å². The quantitative estimate of drug-likeness (QED) is 0.176. The molecule has 0 aromatic carbocycles. The molecule has 11 heteroatoms. The van der Waals surface area contributed by atoms with Crippen molar-refractivity contribution in [3.63, 3.8) is 0 Å². The van der Waals surface area contributed by atoms with Crippen molar-refractivity contribution in [3.05, 3.63) is 24.3 Å². The fraction of sp³-hybridized carbons (Fsp3) is 0.533. The van der Waals surface area contributed by atoms with Gasteiger partial charge < -0.3 is 17.1 Å². The van der Waals surface area contributed by atoms with Crippen LogP contribution >= 0.6 is 0 Å². The molecule has 0 bridgehead atoms. The first-order valence-corrected chi connectivity index (χ1v) is 8.67. The molecule has 0 atom stereocenters. The van der Waals surface area contributed by atoms with Crippen molar-refractivity contribution >= 4 is 65.8 Å². The molecule has 0 aliphatic rings. The van der Waals surface area contributed by atoms with Gasteiger partial charge in [0.1, 0.15) is 31.0 Å². The number of hydrogen-bond donors (Lipinski definition) is 1. The number of carbonyl (C=O) groups is 3. The molecule has 0 aliphatic heterocycles. The van der Waals surface area contributed by atoms with Crippen LogP contribution < -0.4 is 0 Å². The van der Waals surface area contributed by atoms with E-state index in [4.69, 9.17) is 18.8 Å². The maximum absolute atomic E-state index is 12.2. The van der Waals surface area contributed by atoms with Crippen molar-refractivity contribution in [3.8, 4) is 0 Å². The van der Waals surface area contributed by atoms with Crippen molar-refractivity contribution in [1.29, 1.82) is 0 Å². The van der Waals surface area contributed by atoms with Gasteiger partial charge in [-0.25, -0.2) is 9.59 Å². The van der Waals surface area contributed by atoms with E-state index in [9.17, 15) is 22.8 Å². The summed E-state index contributed by atoms with van der Waals surface area (Å²) >= 11 is 0. The molecule has 1 N–H and O–H groups in total. The minimum absolute atomic E-state index is 0. The molecular weight excluding hydrogens is 396 g/mol. The van der Waals surface area contributed by atoms with Crippen LogP contribution in [0.3, 0.4) is 0 Å². The third kappa shape index (κ3) is 10.9. The van der Waals surface area contributed by atoms with Crippen LogP contribution in [-0.4, -0.2) is 94.2 Å². The van der Waals surface area contributed by atoms with Gasteiger partial charge in [-0.2, -0.15) is 8.42 Å². The molecule has 0 radical (unpaired) electrons. The van der Waals surface area contributed by atoms with Crippen LogP contribution in [-0.2, 0) is 38.7 Å². The van der Waals surface area contributed by atoms with E-state index in [0.29, 0.717) is 0 Å². The molecule has 0 fully saturated rings. The second kappa shape index (κ2) is 11.7. The standard InChI is InChI=1S/C15H22O9S.Ca.2H/c1-10(2)12(16)23-8-15(5,9-24-13(17)11(3)4)14(18)22-6-7-25(19,20)21;;;/h1,3,6-9H2,2,4-5H3,(H,19,20,21);;;/q;+2;2*-1. The van der Waals surface area contributed by atoms with E-state index in [1.165, 1.54) is 20.8 Å². The summed E-state index contributed by atoms with van der Waals surface area (Å²) in [5.41, 5.74) is -1.39. The molecule has 9 nitrogen and oxygen atoms in total. The molecule has 0 unspecified atom stereocenters. The normalized spacial score (nSPS) is 10.9. The average Bonchev–Trinajstić information content (AvgIpc) is 2.48. The molecule has 0 rings (SSSR count). The minimum atomic E-state index is -4.31. The maximum atomic E-state index is 12.2. The zero-order valence-electron chi connectivity index (χ0n) is 17.1. The summed E-state index contributed by atoms with van der Waals surface area (Å²) in [4.78, 5) is 35.2. The number of hydrogen-bond acceptors (Lipinski definition) is 8. The van der Waals surface area contributed by atoms with Gasteiger partial charge in [0, 0.05) is 11.1 Å². The Balaban J connectivity index is -0.000000960. The van der Waals surface area contributed by atoms with E-state index in [2.05, 4.69) is 13.2 Å². The Bertz CT molecular complexity index is 647. The van der Waals surface area contributed by atoms with Gasteiger partial charge in [-0.15, -0.1) is 0 Å². The third-order valence-corrected chi connectivity index (χ3v) is 3.49. The van der Waals surface area contributed by atoms with E-state index in [1.807, 2.05) is 0 Å². The summed E-state index contributed by atoms with van der Waals surface area (Å²) < 4.78 is 44.5. The first-order valence-electron chi connectivity index (χ1n) is 7.06. The minimum Gasteiger partial charge on any atom is -1.00 e. The maximum Gasteiger partial charge on any atom is 2.00 e. The summed E-state index contributed by atoms with van der Waals surface area (Å²) in [5, 5.41) is 0. The Hall–Kier alpha value is -0.940. The molecule has 0 saturated carbocycles. The SMILES string of the molecule is C=C(C)C(=O)OCC(C)(COC(=O)C(=C)C)C(=O)OCCS(=O)(=O)O.[Ca+2].[H-].[H-]. The molecule has 0 spiro atoms. The average molecular weight is 420 g/mol. The number of carbonyl (C=O) groups excluding carboxylic acids is 3. The largest absolute Gasteiger partial charge is 2.00 e. The Morgan fingerprint density at radius 1 is 1.00 bits per heavy atom. The monoisotopic (exact) mass is 420 g/mol. The molecule has 146 valence electrons. The first kappa shape index (κ1) is 27.3. The van der Waals surface area contributed by atoms with Gasteiger partial charge in [-0.05, 0) is 20.8 Å². The molecule has 0 aliphatic carbocycles. The Kier molecular flexibility index (Phi) is 12.3. The molecular formula is C15H24CaO9S. The van der Waals surface area contributed by atoms with Gasteiger partial charge in [0.15, 0.2) is 0 Å². The predicted octanol–water partition coefficient (Wildman–Crippen LogP) is 0.507. The summed E-state index contributed by atoms with van der Waals surface area (Å²) in [6, 6.07) is 0. The van der Waals surface area contributed by atoms with Gasteiger partial charge in [-0.1, -0.05) is 13.2 Å². The third-order valence-electron chi connectivity index (χ3n) is 2.81. The molecule has 0 amide bonds. The molecule has 26 heavy (non-hydrogen) atoms. The van der Waals surface area contributed by atoms with Gasteiger partial charge >= 0.3 is 55.6 Å². The van der Waals surface area contributed by atoms with Gasteiger partial charge in [0.05, 0.1) is 0 Å². The van der Waals surface area contributed by atoms with Crippen LogP contribution in [0.5, 0.6) is 0 Å². The number of ether oxygens (including phenoxy) is 3. The number of esters is 3. The van der Waals surface area contributed by atoms with Crippen molar-refractivity contribution in [2.75, 3.05) is 25.6 Å². The van der Waals surface area contributed by atoms with Crippen LogP contribution in [0.1, 0.15) is 23.6 Å². The second-order valence-electron chi connectivity index (χ2n) is 5.70. The van der Waals surface area contributed by atoms with Gasteiger partial charge in [0.2, 0.25) is 0 Å². The topological polar surface area (TPSA) is 133 Å². The van der Waals surface area contributed by atoms with E-state index in [1.54, 1.807) is 0 Å². The van der Waals surface area contributed by atoms with Crippen molar-refractivity contribution in [2.45, 2.75) is 20.8 Å². The van der Waals surface area contributed by atoms with Crippen LogP contribution in [0.25, 0.3) is 0 Å². The van der Waals surface area contributed by atoms with Crippen LogP contribution in [0.15, 0.2) is 24.3 Å². The predicted molar refractivity (Wildman–Crippen MR) is 95.0 cm³/mol. The summed E-state index contributed by atoms with van der Waals surface area (Å²) in [7, 11) is -4.31. The molecule has 0 aromatic heterocycles. The fourth-order valence-corrected chi connectivity index (χ4v) is 1.56. The van der Waals surface area contributed by atoms with Crippen molar-refractivity contribution < 1.29 is 44.4 Å². The smallest absolute Gasteiger partial charge is 1.00 e. The Morgan fingerprint density at radius 3 is 1.69 bits per heavy atom. The fourth-order valence-electron chi connectivity index (χ4n) is 1.27.